The Kier molecular flexibility index (Phi) is 5.74. The number of halogens is 5. The van der Waals surface area contributed by atoms with Crippen LogP contribution in [0.25, 0.3) is 0 Å². The maximum absolute atomic E-state index is 13.5. The van der Waals surface area contributed by atoms with E-state index in [0.29, 0.717) is 0 Å². The van der Waals surface area contributed by atoms with Crippen molar-refractivity contribution in [2.75, 3.05) is 13.2 Å². The fourth-order valence-corrected chi connectivity index (χ4v) is 1.58. The molecule has 0 N–H and O–H groups in total. The molecule has 7 heteroatoms. The molecule has 0 aliphatic carbocycles. The van der Waals surface area contributed by atoms with Gasteiger partial charge in [0.1, 0.15) is 12.4 Å². The summed E-state index contributed by atoms with van der Waals surface area (Å²) in [6.07, 6.45) is -3.00. The molecule has 0 fully saturated rings. The molecule has 0 aromatic heterocycles. The summed E-state index contributed by atoms with van der Waals surface area (Å²) in [6, 6.07) is 2.08. The summed E-state index contributed by atoms with van der Waals surface area (Å²) in [4.78, 5) is 11.5. The monoisotopic (exact) mass is 328 g/mol. The van der Waals surface area contributed by atoms with E-state index in [0.717, 1.165) is 12.1 Å². The molecular formula is C11H9BrF4O2. The van der Waals surface area contributed by atoms with Crippen molar-refractivity contribution in [3.05, 3.63) is 33.8 Å². The van der Waals surface area contributed by atoms with Crippen molar-refractivity contribution in [2.24, 2.45) is 0 Å². The number of carbonyl (C=O) groups excluding carboxylic acids is 1. The summed E-state index contributed by atoms with van der Waals surface area (Å²) < 4.78 is 54.6. The lowest BCUT2D eigenvalue weighted by atomic mass is 10.1. The summed E-state index contributed by atoms with van der Waals surface area (Å²) in [5, 5.41) is 0. The minimum absolute atomic E-state index is 0.0410. The van der Waals surface area contributed by atoms with E-state index in [1.165, 1.54) is 0 Å². The van der Waals surface area contributed by atoms with Crippen molar-refractivity contribution in [2.45, 2.75) is 12.8 Å². The first-order valence-corrected chi connectivity index (χ1v) is 5.75. The van der Waals surface area contributed by atoms with Gasteiger partial charge in [-0.25, -0.2) is 17.6 Å². The third-order valence-electron chi connectivity index (χ3n) is 2.04. The molecule has 0 radical (unpaired) electrons. The van der Waals surface area contributed by atoms with E-state index in [1.807, 2.05) is 0 Å². The SMILES string of the molecule is O=C(CCOCC(F)F)c1c(F)ccc(Br)c1F. The lowest BCUT2D eigenvalue weighted by Crippen LogP contribution is -2.12. The molecular weight excluding hydrogens is 320 g/mol. The molecule has 0 bridgehead atoms. The second kappa shape index (κ2) is 6.84. The third-order valence-corrected chi connectivity index (χ3v) is 2.65. The van der Waals surface area contributed by atoms with Crippen LogP contribution in [0.2, 0.25) is 0 Å². The number of hydrogen-bond donors (Lipinski definition) is 0. The van der Waals surface area contributed by atoms with Crippen molar-refractivity contribution in [1.29, 1.82) is 0 Å². The van der Waals surface area contributed by atoms with Crippen molar-refractivity contribution in [3.63, 3.8) is 0 Å². The zero-order valence-corrected chi connectivity index (χ0v) is 10.6. The van der Waals surface area contributed by atoms with Gasteiger partial charge in [0.2, 0.25) is 0 Å². The van der Waals surface area contributed by atoms with Crippen molar-refractivity contribution in [1.82, 2.24) is 0 Å². The standard InChI is InChI=1S/C11H9BrF4O2/c12-6-1-2-7(13)10(11(6)16)8(17)3-4-18-5-9(14)15/h1-2,9H,3-5H2. The fourth-order valence-electron chi connectivity index (χ4n) is 1.24. The lowest BCUT2D eigenvalue weighted by molar-refractivity contribution is 0.0169. The summed E-state index contributed by atoms with van der Waals surface area (Å²) in [5.41, 5.74) is -0.690. The number of alkyl halides is 2. The predicted octanol–water partition coefficient (Wildman–Crippen LogP) is 3.58. The average Bonchev–Trinajstić information content (AvgIpc) is 2.30. The Hall–Kier alpha value is -0.950. The highest BCUT2D eigenvalue weighted by Gasteiger charge is 2.19. The van der Waals surface area contributed by atoms with E-state index in [9.17, 15) is 22.4 Å². The van der Waals surface area contributed by atoms with Gasteiger partial charge in [-0.15, -0.1) is 0 Å². The van der Waals surface area contributed by atoms with E-state index in [4.69, 9.17) is 0 Å². The Morgan fingerprint density at radius 1 is 1.33 bits per heavy atom. The molecule has 1 rings (SSSR count). The average molecular weight is 329 g/mol. The summed E-state index contributed by atoms with van der Waals surface area (Å²) in [6.45, 7) is -1.12. The van der Waals surface area contributed by atoms with Crippen LogP contribution in [-0.2, 0) is 4.74 Å². The van der Waals surface area contributed by atoms with E-state index in [1.54, 1.807) is 0 Å². The highest BCUT2D eigenvalue weighted by molar-refractivity contribution is 9.10. The maximum atomic E-state index is 13.5. The molecule has 0 spiro atoms. The minimum Gasteiger partial charge on any atom is -0.375 e. The van der Waals surface area contributed by atoms with E-state index in [-0.39, 0.29) is 17.5 Å². The van der Waals surface area contributed by atoms with Gasteiger partial charge in [0.05, 0.1) is 16.6 Å². The van der Waals surface area contributed by atoms with Gasteiger partial charge in [0, 0.05) is 6.42 Å². The van der Waals surface area contributed by atoms with Gasteiger partial charge < -0.3 is 4.74 Å². The minimum atomic E-state index is -2.64. The molecule has 2 nitrogen and oxygen atoms in total. The normalized spacial score (nSPS) is 11.0. The Morgan fingerprint density at radius 3 is 2.61 bits per heavy atom. The number of rotatable bonds is 6. The molecule has 0 atom stereocenters. The van der Waals surface area contributed by atoms with Gasteiger partial charge in [-0.1, -0.05) is 0 Å². The van der Waals surface area contributed by atoms with Crippen LogP contribution in [0.5, 0.6) is 0 Å². The maximum Gasteiger partial charge on any atom is 0.261 e. The number of ether oxygens (including phenoxy) is 1. The quantitative estimate of drug-likeness (QED) is 0.345. The molecule has 0 unspecified atom stereocenters. The summed E-state index contributed by atoms with van der Waals surface area (Å²) in [5.74, 6) is -2.83. The molecule has 1 aromatic carbocycles. The van der Waals surface area contributed by atoms with Gasteiger partial charge in [0.25, 0.3) is 6.43 Å². The van der Waals surface area contributed by atoms with E-state index >= 15 is 0 Å². The van der Waals surface area contributed by atoms with Gasteiger partial charge in [-0.05, 0) is 28.1 Å². The largest absolute Gasteiger partial charge is 0.375 e. The summed E-state index contributed by atoms with van der Waals surface area (Å²) in [7, 11) is 0. The topological polar surface area (TPSA) is 26.3 Å². The smallest absolute Gasteiger partial charge is 0.261 e. The second-order valence-electron chi connectivity index (χ2n) is 3.36. The molecule has 100 valence electrons. The highest BCUT2D eigenvalue weighted by Crippen LogP contribution is 2.22. The molecule has 18 heavy (non-hydrogen) atoms. The van der Waals surface area contributed by atoms with Crippen LogP contribution in [-0.4, -0.2) is 25.4 Å². The Bertz CT molecular complexity index is 437. The van der Waals surface area contributed by atoms with Gasteiger partial charge >= 0.3 is 0 Å². The first-order valence-electron chi connectivity index (χ1n) is 4.96. The lowest BCUT2D eigenvalue weighted by Gasteiger charge is -2.06. The van der Waals surface area contributed by atoms with Crippen LogP contribution >= 0.6 is 15.9 Å². The molecule has 0 saturated carbocycles. The van der Waals surface area contributed by atoms with Crippen LogP contribution in [0.1, 0.15) is 16.8 Å². The molecule has 0 aliphatic heterocycles. The number of ketones is 1. The van der Waals surface area contributed by atoms with E-state index in [2.05, 4.69) is 20.7 Å². The molecule has 0 amide bonds. The number of benzene rings is 1. The number of carbonyl (C=O) groups is 1. The number of Topliss-reactive ketones (excluding diaryl/α,β-unsaturated/α-hetero) is 1. The van der Waals surface area contributed by atoms with Gasteiger partial charge in [-0.2, -0.15) is 0 Å². The second-order valence-corrected chi connectivity index (χ2v) is 4.21. The first kappa shape index (κ1) is 15.1. The highest BCUT2D eigenvalue weighted by atomic mass is 79.9. The van der Waals surface area contributed by atoms with Crippen LogP contribution in [0.3, 0.4) is 0 Å². The Labute approximate surface area is 109 Å². The van der Waals surface area contributed by atoms with Crippen molar-refractivity contribution in [3.8, 4) is 0 Å². The van der Waals surface area contributed by atoms with Crippen LogP contribution in [0, 0.1) is 11.6 Å². The first-order chi connectivity index (χ1) is 8.43. The van der Waals surface area contributed by atoms with Crippen molar-refractivity contribution >= 4 is 21.7 Å². The van der Waals surface area contributed by atoms with Crippen molar-refractivity contribution < 1.29 is 27.1 Å². The van der Waals surface area contributed by atoms with Crippen LogP contribution in [0.15, 0.2) is 16.6 Å². The van der Waals surface area contributed by atoms with E-state index < -0.39 is 36.0 Å². The van der Waals surface area contributed by atoms with Crippen LogP contribution < -0.4 is 0 Å². The van der Waals surface area contributed by atoms with Gasteiger partial charge in [-0.3, -0.25) is 4.79 Å². The molecule has 0 heterocycles. The molecule has 1 aromatic rings. The predicted molar refractivity (Wildman–Crippen MR) is 59.8 cm³/mol. The number of hydrogen-bond acceptors (Lipinski definition) is 2. The van der Waals surface area contributed by atoms with Gasteiger partial charge in [0.15, 0.2) is 11.6 Å². The summed E-state index contributed by atoms with van der Waals surface area (Å²) >= 11 is 2.83. The zero-order valence-electron chi connectivity index (χ0n) is 9.06. The molecule has 0 aliphatic rings. The zero-order chi connectivity index (χ0) is 13.7. The Morgan fingerprint density at radius 2 is 2.00 bits per heavy atom. The van der Waals surface area contributed by atoms with Crippen LogP contribution in [0.4, 0.5) is 17.6 Å². The third kappa shape index (κ3) is 4.06. The fraction of sp³-hybridized carbons (Fsp3) is 0.364. The Balaban J connectivity index is 2.65. The molecule has 0 saturated heterocycles.